The Bertz CT molecular complexity index is 495. The van der Waals surface area contributed by atoms with E-state index in [1.807, 2.05) is 6.92 Å². The third-order valence-corrected chi connectivity index (χ3v) is 5.13. The van der Waals surface area contributed by atoms with E-state index in [1.165, 1.54) is 42.4 Å². The topological polar surface area (TPSA) is 32.3 Å². The van der Waals surface area contributed by atoms with E-state index in [9.17, 15) is 5.11 Å². The van der Waals surface area contributed by atoms with E-state index in [-0.39, 0.29) is 0 Å². The van der Waals surface area contributed by atoms with Crippen LogP contribution in [0.15, 0.2) is 6.07 Å². The van der Waals surface area contributed by atoms with Crippen LogP contribution in [-0.2, 0) is 0 Å². The zero-order valence-electron chi connectivity index (χ0n) is 12.3. The molecule has 3 rings (SSSR count). The van der Waals surface area contributed by atoms with Gasteiger partial charge in [-0.2, -0.15) is 0 Å². The van der Waals surface area contributed by atoms with Gasteiger partial charge in [0.05, 0.1) is 0 Å². The highest BCUT2D eigenvalue weighted by atomic mass is 16.3. The van der Waals surface area contributed by atoms with Crippen LogP contribution in [0.2, 0.25) is 0 Å². The molecule has 1 fully saturated rings. The fourth-order valence-electron chi connectivity index (χ4n) is 4.43. The standard InChI is InChI=1S/C17H25NO/c1-4-18-16-13-8-6-5-7-12(13)14-10(2)9-11(3)17(19)15(14)16/h9,12-13,16,18-19H,4-8H2,1-3H3. The maximum Gasteiger partial charge on any atom is 0.123 e. The summed E-state index contributed by atoms with van der Waals surface area (Å²) in [6, 6.07) is 2.53. The number of rotatable bonds is 2. The molecule has 2 aliphatic carbocycles. The van der Waals surface area contributed by atoms with Gasteiger partial charge in [0.2, 0.25) is 0 Å². The lowest BCUT2D eigenvalue weighted by Crippen LogP contribution is -2.28. The first-order chi connectivity index (χ1) is 9.15. The molecule has 2 N–H and O–H groups in total. The van der Waals surface area contributed by atoms with Crippen molar-refractivity contribution in [2.45, 2.75) is 58.4 Å². The fraction of sp³-hybridized carbons (Fsp3) is 0.647. The molecule has 0 saturated heterocycles. The Kier molecular flexibility index (Phi) is 3.30. The van der Waals surface area contributed by atoms with Crippen LogP contribution in [0.1, 0.15) is 66.8 Å². The predicted octanol–water partition coefficient (Wildman–Crippen LogP) is 3.95. The number of phenolic OH excluding ortho intramolecular Hbond substituents is 1. The highest BCUT2D eigenvalue weighted by Gasteiger charge is 2.43. The van der Waals surface area contributed by atoms with Gasteiger partial charge in [-0.3, -0.25) is 0 Å². The lowest BCUT2D eigenvalue weighted by molar-refractivity contribution is 0.263. The first-order valence-electron chi connectivity index (χ1n) is 7.71. The minimum absolute atomic E-state index is 0.365. The van der Waals surface area contributed by atoms with Crippen LogP contribution in [0.3, 0.4) is 0 Å². The van der Waals surface area contributed by atoms with Crippen molar-refractivity contribution in [1.82, 2.24) is 5.32 Å². The molecule has 0 radical (unpaired) electrons. The minimum Gasteiger partial charge on any atom is -0.507 e. The number of benzene rings is 1. The normalized spacial score (nSPS) is 29.1. The summed E-state index contributed by atoms with van der Waals surface area (Å²) in [7, 11) is 0. The van der Waals surface area contributed by atoms with Crippen molar-refractivity contribution < 1.29 is 5.11 Å². The van der Waals surface area contributed by atoms with Crippen molar-refractivity contribution >= 4 is 0 Å². The van der Waals surface area contributed by atoms with Gasteiger partial charge in [0, 0.05) is 11.6 Å². The molecule has 19 heavy (non-hydrogen) atoms. The lowest BCUT2D eigenvalue weighted by atomic mass is 9.77. The summed E-state index contributed by atoms with van der Waals surface area (Å²) >= 11 is 0. The number of nitrogens with one attached hydrogen (secondary N) is 1. The number of aryl methyl sites for hydroxylation is 2. The molecule has 0 bridgehead atoms. The second-order valence-corrected chi connectivity index (χ2v) is 6.28. The second-order valence-electron chi connectivity index (χ2n) is 6.28. The molecule has 0 aliphatic heterocycles. The fourth-order valence-corrected chi connectivity index (χ4v) is 4.43. The molecule has 104 valence electrons. The maximum absolute atomic E-state index is 10.5. The van der Waals surface area contributed by atoms with Crippen LogP contribution >= 0.6 is 0 Å². The molecule has 3 unspecified atom stereocenters. The molecule has 0 amide bonds. The van der Waals surface area contributed by atoms with Gasteiger partial charge in [-0.05, 0) is 61.8 Å². The molecule has 2 heteroatoms. The van der Waals surface area contributed by atoms with E-state index in [4.69, 9.17) is 0 Å². The van der Waals surface area contributed by atoms with E-state index < -0.39 is 0 Å². The van der Waals surface area contributed by atoms with Gasteiger partial charge < -0.3 is 10.4 Å². The zero-order chi connectivity index (χ0) is 13.6. The quantitative estimate of drug-likeness (QED) is 0.843. The molecule has 1 saturated carbocycles. The van der Waals surface area contributed by atoms with Crippen molar-refractivity contribution in [2.24, 2.45) is 5.92 Å². The Labute approximate surface area is 116 Å². The molecular weight excluding hydrogens is 234 g/mol. The molecule has 0 aromatic heterocycles. The van der Waals surface area contributed by atoms with Gasteiger partial charge in [0.25, 0.3) is 0 Å². The number of fused-ring (bicyclic) bond motifs is 3. The number of hydrogen-bond donors (Lipinski definition) is 2. The summed E-state index contributed by atoms with van der Waals surface area (Å²) in [4.78, 5) is 0. The van der Waals surface area contributed by atoms with Crippen molar-refractivity contribution in [1.29, 1.82) is 0 Å². The smallest absolute Gasteiger partial charge is 0.123 e. The van der Waals surface area contributed by atoms with Crippen LogP contribution in [0.25, 0.3) is 0 Å². The third kappa shape index (κ3) is 1.88. The Morgan fingerprint density at radius 1 is 1.16 bits per heavy atom. The molecule has 3 atom stereocenters. The van der Waals surface area contributed by atoms with E-state index in [0.717, 1.165) is 12.1 Å². The lowest BCUT2D eigenvalue weighted by Gasteiger charge is -2.30. The molecule has 2 aliphatic rings. The van der Waals surface area contributed by atoms with Crippen LogP contribution < -0.4 is 5.32 Å². The van der Waals surface area contributed by atoms with Gasteiger partial charge in [0.15, 0.2) is 0 Å². The summed E-state index contributed by atoms with van der Waals surface area (Å²) in [5, 5.41) is 14.2. The van der Waals surface area contributed by atoms with Crippen molar-refractivity contribution in [3.05, 3.63) is 28.3 Å². The summed E-state index contributed by atoms with van der Waals surface area (Å²) in [5.74, 6) is 1.90. The van der Waals surface area contributed by atoms with Crippen molar-refractivity contribution in [2.75, 3.05) is 6.54 Å². The van der Waals surface area contributed by atoms with Gasteiger partial charge in [-0.1, -0.05) is 25.8 Å². The van der Waals surface area contributed by atoms with Gasteiger partial charge >= 0.3 is 0 Å². The Hall–Kier alpha value is -1.02. The van der Waals surface area contributed by atoms with Crippen LogP contribution in [-0.4, -0.2) is 11.7 Å². The summed E-state index contributed by atoms with van der Waals surface area (Å²) < 4.78 is 0. The van der Waals surface area contributed by atoms with E-state index in [2.05, 4.69) is 25.2 Å². The van der Waals surface area contributed by atoms with E-state index in [1.54, 1.807) is 0 Å². The summed E-state index contributed by atoms with van der Waals surface area (Å²) in [6.45, 7) is 7.37. The SMILES string of the molecule is CCNC1c2c(O)c(C)cc(C)c2C2CCCCC21. The van der Waals surface area contributed by atoms with Crippen LogP contribution in [0.5, 0.6) is 5.75 Å². The summed E-state index contributed by atoms with van der Waals surface area (Å²) in [6.07, 6.45) is 5.28. The Balaban J connectivity index is 2.16. The molecule has 2 nitrogen and oxygen atoms in total. The Morgan fingerprint density at radius 2 is 1.89 bits per heavy atom. The number of hydrogen-bond acceptors (Lipinski definition) is 2. The Morgan fingerprint density at radius 3 is 2.63 bits per heavy atom. The predicted molar refractivity (Wildman–Crippen MR) is 78.7 cm³/mol. The van der Waals surface area contributed by atoms with Crippen LogP contribution in [0, 0.1) is 19.8 Å². The average molecular weight is 259 g/mol. The second kappa shape index (κ2) is 4.82. The van der Waals surface area contributed by atoms with Crippen LogP contribution in [0.4, 0.5) is 0 Å². The van der Waals surface area contributed by atoms with Crippen molar-refractivity contribution in [3.63, 3.8) is 0 Å². The monoisotopic (exact) mass is 259 g/mol. The minimum atomic E-state index is 0.365. The zero-order valence-corrected chi connectivity index (χ0v) is 12.3. The third-order valence-electron chi connectivity index (χ3n) is 5.13. The first kappa shape index (κ1) is 13.0. The molecule has 1 aromatic rings. The van der Waals surface area contributed by atoms with E-state index in [0.29, 0.717) is 23.6 Å². The van der Waals surface area contributed by atoms with E-state index >= 15 is 0 Å². The molecule has 0 heterocycles. The van der Waals surface area contributed by atoms with Gasteiger partial charge in [0.1, 0.15) is 5.75 Å². The highest BCUT2D eigenvalue weighted by molar-refractivity contribution is 5.55. The van der Waals surface area contributed by atoms with Gasteiger partial charge in [-0.15, -0.1) is 0 Å². The maximum atomic E-state index is 10.5. The first-order valence-corrected chi connectivity index (χ1v) is 7.71. The van der Waals surface area contributed by atoms with Crippen molar-refractivity contribution in [3.8, 4) is 5.75 Å². The van der Waals surface area contributed by atoms with Gasteiger partial charge in [-0.25, -0.2) is 0 Å². The molecule has 1 aromatic carbocycles. The largest absolute Gasteiger partial charge is 0.507 e. The summed E-state index contributed by atoms with van der Waals surface area (Å²) in [5.41, 5.74) is 5.08. The molecular formula is C17H25NO. The average Bonchev–Trinajstić information content (AvgIpc) is 2.72. The molecule has 0 spiro atoms. The highest BCUT2D eigenvalue weighted by Crippen LogP contribution is 2.56. The number of aromatic hydroxyl groups is 1. The number of phenols is 1.